The Kier molecular flexibility index (Phi) is 8.85. The Morgan fingerprint density at radius 3 is 2.45 bits per heavy atom. The van der Waals surface area contributed by atoms with Crippen molar-refractivity contribution >= 4 is 39.6 Å². The molecular weight excluding hydrogens is 458 g/mol. The van der Waals surface area contributed by atoms with E-state index in [0.717, 1.165) is 26.1 Å². The second-order valence-corrected chi connectivity index (χ2v) is 8.15. The number of carbonyl (C=O) groups excluding carboxylic acids is 2. The molecule has 156 valence electrons. The molecule has 2 aromatic rings. The van der Waals surface area contributed by atoms with E-state index in [1.807, 2.05) is 32.0 Å². The minimum absolute atomic E-state index is 0.144. The van der Waals surface area contributed by atoms with Crippen LogP contribution in [0.25, 0.3) is 0 Å². The van der Waals surface area contributed by atoms with Gasteiger partial charge in [-0.3, -0.25) is 9.59 Å². The summed E-state index contributed by atoms with van der Waals surface area (Å²) in [5.41, 5.74) is 3.02. The number of aryl methyl sites for hydroxylation is 2. The van der Waals surface area contributed by atoms with Crippen molar-refractivity contribution in [2.45, 2.75) is 25.3 Å². The molecule has 0 saturated carbocycles. The number of amides is 1. The van der Waals surface area contributed by atoms with Crippen LogP contribution in [0.5, 0.6) is 11.5 Å². The van der Waals surface area contributed by atoms with E-state index in [4.69, 9.17) is 14.2 Å². The number of hydrogen-bond donors (Lipinski definition) is 1. The zero-order valence-corrected chi connectivity index (χ0v) is 19.2. The molecule has 0 aliphatic carbocycles. The fraction of sp³-hybridized carbons (Fsp3) is 0.333. The highest BCUT2D eigenvalue weighted by Gasteiger charge is 2.11. The minimum Gasteiger partial charge on any atom is -0.493 e. The van der Waals surface area contributed by atoms with Gasteiger partial charge in [-0.2, -0.15) is 0 Å². The Hall–Kier alpha value is -2.19. The van der Waals surface area contributed by atoms with E-state index in [1.165, 1.54) is 11.8 Å². The van der Waals surface area contributed by atoms with E-state index < -0.39 is 5.97 Å². The normalized spacial score (nSPS) is 10.4. The van der Waals surface area contributed by atoms with E-state index >= 15 is 0 Å². The Bertz CT molecular complexity index is 888. The van der Waals surface area contributed by atoms with Gasteiger partial charge >= 0.3 is 5.97 Å². The first-order valence-corrected chi connectivity index (χ1v) is 10.6. The van der Waals surface area contributed by atoms with Gasteiger partial charge in [0.15, 0.2) is 18.1 Å². The van der Waals surface area contributed by atoms with Crippen LogP contribution >= 0.6 is 27.7 Å². The average Bonchev–Trinajstić information content (AvgIpc) is 2.71. The predicted octanol–water partition coefficient (Wildman–Crippen LogP) is 4.03. The maximum absolute atomic E-state index is 12.0. The van der Waals surface area contributed by atoms with Crippen molar-refractivity contribution in [3.63, 3.8) is 0 Å². The highest BCUT2D eigenvalue weighted by atomic mass is 79.9. The third kappa shape index (κ3) is 6.97. The van der Waals surface area contributed by atoms with Crippen molar-refractivity contribution in [3.05, 3.63) is 51.5 Å². The minimum atomic E-state index is -0.434. The molecule has 0 radical (unpaired) electrons. The number of hydrogen-bond acceptors (Lipinski definition) is 6. The van der Waals surface area contributed by atoms with Crippen molar-refractivity contribution < 1.29 is 23.8 Å². The summed E-state index contributed by atoms with van der Waals surface area (Å²) in [6, 6.07) is 9.42. The quantitative estimate of drug-likeness (QED) is 0.430. The van der Waals surface area contributed by atoms with Crippen LogP contribution in [0.15, 0.2) is 39.7 Å². The first kappa shape index (κ1) is 23.1. The first-order chi connectivity index (χ1) is 13.8. The Balaban J connectivity index is 1.76. The molecule has 0 aromatic heterocycles. The largest absolute Gasteiger partial charge is 0.493 e. The number of ether oxygens (including phenoxy) is 3. The zero-order chi connectivity index (χ0) is 21.4. The number of methoxy groups -OCH3 is 2. The highest BCUT2D eigenvalue weighted by molar-refractivity contribution is 9.10. The van der Waals surface area contributed by atoms with Crippen molar-refractivity contribution in [2.75, 3.05) is 26.6 Å². The summed E-state index contributed by atoms with van der Waals surface area (Å²) < 4.78 is 16.5. The molecule has 8 heteroatoms. The molecule has 0 saturated heterocycles. The molecule has 1 N–H and O–H groups in total. The van der Waals surface area contributed by atoms with Crippen LogP contribution in [0.3, 0.4) is 0 Å². The topological polar surface area (TPSA) is 73.9 Å². The smallest absolute Gasteiger partial charge is 0.316 e. The molecule has 0 spiro atoms. The van der Waals surface area contributed by atoms with Crippen molar-refractivity contribution in [3.8, 4) is 11.5 Å². The maximum atomic E-state index is 12.0. The molecule has 0 aliphatic rings. The number of benzene rings is 2. The SMILES string of the molecule is COc1ccc(CNC(=O)COC(=O)CSc2cc(C)c(Br)cc2C)cc1OC. The van der Waals surface area contributed by atoms with Gasteiger partial charge in [-0.05, 0) is 54.8 Å². The highest BCUT2D eigenvalue weighted by Crippen LogP contribution is 2.29. The lowest BCUT2D eigenvalue weighted by molar-refractivity contribution is -0.145. The van der Waals surface area contributed by atoms with Crippen LogP contribution in [-0.2, 0) is 20.9 Å². The van der Waals surface area contributed by atoms with Crippen LogP contribution in [0.1, 0.15) is 16.7 Å². The predicted molar refractivity (Wildman–Crippen MR) is 117 cm³/mol. The van der Waals surface area contributed by atoms with Gasteiger partial charge in [0.1, 0.15) is 0 Å². The number of rotatable bonds is 9. The molecule has 2 rings (SSSR count). The Morgan fingerprint density at radius 2 is 1.76 bits per heavy atom. The molecule has 29 heavy (non-hydrogen) atoms. The van der Waals surface area contributed by atoms with Crippen molar-refractivity contribution in [1.29, 1.82) is 0 Å². The number of carbonyl (C=O) groups is 2. The van der Waals surface area contributed by atoms with Gasteiger partial charge in [0, 0.05) is 15.9 Å². The summed E-state index contributed by atoms with van der Waals surface area (Å²) in [5.74, 6) is 0.543. The first-order valence-electron chi connectivity index (χ1n) is 8.86. The van der Waals surface area contributed by atoms with Crippen LogP contribution in [-0.4, -0.2) is 38.5 Å². The van der Waals surface area contributed by atoms with Gasteiger partial charge in [-0.25, -0.2) is 0 Å². The molecule has 0 bridgehead atoms. The lowest BCUT2D eigenvalue weighted by Crippen LogP contribution is -2.28. The number of thioether (sulfide) groups is 1. The number of esters is 1. The summed E-state index contributed by atoms with van der Waals surface area (Å²) in [7, 11) is 3.11. The Labute approximate surface area is 183 Å². The zero-order valence-electron chi connectivity index (χ0n) is 16.8. The number of halogens is 1. The lowest BCUT2D eigenvalue weighted by atomic mass is 10.2. The van der Waals surface area contributed by atoms with E-state index in [9.17, 15) is 9.59 Å². The molecular formula is C21H24BrNO5S. The van der Waals surface area contributed by atoms with E-state index in [-0.39, 0.29) is 18.3 Å². The molecule has 1 amide bonds. The van der Waals surface area contributed by atoms with Gasteiger partial charge in [0.25, 0.3) is 5.91 Å². The molecule has 6 nitrogen and oxygen atoms in total. The molecule has 0 unspecified atom stereocenters. The second-order valence-electron chi connectivity index (χ2n) is 6.28. The third-order valence-electron chi connectivity index (χ3n) is 4.10. The Morgan fingerprint density at radius 1 is 1.03 bits per heavy atom. The van der Waals surface area contributed by atoms with Crippen LogP contribution < -0.4 is 14.8 Å². The fourth-order valence-electron chi connectivity index (χ4n) is 2.48. The van der Waals surface area contributed by atoms with Crippen molar-refractivity contribution in [2.24, 2.45) is 0 Å². The summed E-state index contributed by atoms with van der Waals surface area (Å²) >= 11 is 4.88. The third-order valence-corrected chi connectivity index (χ3v) is 6.09. The molecule has 0 heterocycles. The van der Waals surface area contributed by atoms with Gasteiger partial charge in [0.05, 0.1) is 20.0 Å². The van der Waals surface area contributed by atoms with E-state index in [2.05, 4.69) is 21.2 Å². The van der Waals surface area contributed by atoms with Crippen LogP contribution in [0.2, 0.25) is 0 Å². The van der Waals surface area contributed by atoms with Crippen LogP contribution in [0.4, 0.5) is 0 Å². The van der Waals surface area contributed by atoms with Crippen LogP contribution in [0, 0.1) is 13.8 Å². The summed E-state index contributed by atoms with van der Waals surface area (Å²) in [4.78, 5) is 24.9. The molecule has 0 fully saturated rings. The summed E-state index contributed by atoms with van der Waals surface area (Å²) in [6.07, 6.45) is 0. The average molecular weight is 482 g/mol. The van der Waals surface area contributed by atoms with Crippen molar-refractivity contribution in [1.82, 2.24) is 5.32 Å². The molecule has 0 atom stereocenters. The van der Waals surface area contributed by atoms with Gasteiger partial charge in [0.2, 0.25) is 0 Å². The lowest BCUT2D eigenvalue weighted by Gasteiger charge is -2.11. The summed E-state index contributed by atoms with van der Waals surface area (Å²) in [5, 5.41) is 2.72. The van der Waals surface area contributed by atoms with Gasteiger partial charge in [-0.15, -0.1) is 11.8 Å². The van der Waals surface area contributed by atoms with E-state index in [1.54, 1.807) is 26.4 Å². The molecule has 0 aliphatic heterocycles. The van der Waals surface area contributed by atoms with Gasteiger partial charge in [-0.1, -0.05) is 22.0 Å². The standard InChI is InChI=1S/C21H24BrNO5S/c1-13-8-19(14(2)7-16(13)22)29-12-21(25)28-11-20(24)23-10-15-5-6-17(26-3)18(9-15)27-4/h5-9H,10-12H2,1-4H3,(H,23,24). The van der Waals surface area contributed by atoms with E-state index in [0.29, 0.717) is 18.0 Å². The fourth-order valence-corrected chi connectivity index (χ4v) is 3.84. The number of nitrogens with one attached hydrogen (secondary N) is 1. The summed E-state index contributed by atoms with van der Waals surface area (Å²) in [6.45, 7) is 3.96. The second kappa shape index (κ2) is 11.1. The monoisotopic (exact) mass is 481 g/mol. The van der Waals surface area contributed by atoms with Gasteiger partial charge < -0.3 is 19.5 Å². The maximum Gasteiger partial charge on any atom is 0.316 e. The molecule has 2 aromatic carbocycles.